The molecule has 9 heteroatoms. The van der Waals surface area contributed by atoms with Crippen LogP contribution in [0.25, 0.3) is 0 Å². The van der Waals surface area contributed by atoms with E-state index >= 15 is 0 Å². The molecule has 1 unspecified atom stereocenters. The zero-order chi connectivity index (χ0) is 22.1. The number of ether oxygens (including phenoxy) is 2. The van der Waals surface area contributed by atoms with Gasteiger partial charge in [-0.25, -0.2) is 9.59 Å². The fourth-order valence-corrected chi connectivity index (χ4v) is 2.71. The van der Waals surface area contributed by atoms with E-state index in [1.165, 1.54) is 0 Å². The number of alkyl halides is 3. The number of carbonyl (C=O) groups is 2. The van der Waals surface area contributed by atoms with E-state index in [-0.39, 0.29) is 25.2 Å². The van der Waals surface area contributed by atoms with Crippen molar-refractivity contribution in [3.63, 3.8) is 0 Å². The second-order valence-corrected chi connectivity index (χ2v) is 6.50. The van der Waals surface area contributed by atoms with Crippen LogP contribution in [0.3, 0.4) is 0 Å². The molecule has 6 nitrogen and oxygen atoms in total. The molecule has 2 aromatic rings. The van der Waals surface area contributed by atoms with Crippen LogP contribution in [0, 0.1) is 0 Å². The van der Waals surface area contributed by atoms with Crippen molar-refractivity contribution in [2.24, 2.45) is 0 Å². The predicted octanol–water partition coefficient (Wildman–Crippen LogP) is 4.78. The van der Waals surface area contributed by atoms with E-state index in [0.717, 1.165) is 23.8 Å². The molecule has 0 spiro atoms. The van der Waals surface area contributed by atoms with Crippen molar-refractivity contribution < 1.29 is 42.4 Å². The van der Waals surface area contributed by atoms with Crippen LogP contribution in [0.1, 0.15) is 45.5 Å². The van der Waals surface area contributed by atoms with Gasteiger partial charge < -0.3 is 19.7 Å². The van der Waals surface area contributed by atoms with Gasteiger partial charge in [-0.15, -0.1) is 0 Å². The third kappa shape index (κ3) is 7.07. The minimum atomic E-state index is -4.67. The van der Waals surface area contributed by atoms with Crippen molar-refractivity contribution in [2.45, 2.75) is 38.1 Å². The van der Waals surface area contributed by atoms with Crippen LogP contribution >= 0.6 is 0 Å². The molecule has 1 atom stereocenters. The first-order chi connectivity index (χ1) is 14.2. The molecule has 2 rings (SSSR count). The highest BCUT2D eigenvalue weighted by Gasteiger charge is 2.41. The van der Waals surface area contributed by atoms with Gasteiger partial charge in [0.1, 0.15) is 5.75 Å². The summed E-state index contributed by atoms with van der Waals surface area (Å²) < 4.78 is 50.3. The molecule has 0 bridgehead atoms. The third-order valence-corrected chi connectivity index (χ3v) is 4.21. The van der Waals surface area contributed by atoms with E-state index < -0.39 is 35.3 Å². The average Bonchev–Trinajstić information content (AvgIpc) is 2.69. The molecular formula is C21H21F3O6. The summed E-state index contributed by atoms with van der Waals surface area (Å²) in [7, 11) is 0. The molecule has 0 heterocycles. The maximum atomic E-state index is 13.3. The number of unbranched alkanes of at least 4 members (excludes halogenated alkanes) is 1. The normalized spacial score (nSPS) is 12.4. The summed E-state index contributed by atoms with van der Waals surface area (Å²) in [5, 5.41) is 18.1. The molecule has 0 saturated heterocycles. The fraction of sp³-hybridized carbons (Fsp3) is 0.333. The minimum absolute atomic E-state index is 0.179. The van der Waals surface area contributed by atoms with Crippen LogP contribution in [0.15, 0.2) is 48.5 Å². The standard InChI is InChI=1S/C21H21F3O6/c22-21(23,24)18(8-4-5-11-29-13-14-6-2-1-3-7-14)30-15-9-10-16(19(25)26)17(12-15)20(27)28/h1-3,6-7,9-10,12,18H,4-5,8,11,13H2,(H,25,26)(H,27,28). The van der Waals surface area contributed by atoms with E-state index in [4.69, 9.17) is 19.7 Å². The number of halogens is 3. The lowest BCUT2D eigenvalue weighted by Gasteiger charge is -2.22. The van der Waals surface area contributed by atoms with Crippen LogP contribution in [-0.4, -0.2) is 41.0 Å². The average molecular weight is 426 g/mol. The van der Waals surface area contributed by atoms with E-state index in [1.54, 1.807) is 0 Å². The Kier molecular flexibility index (Phi) is 8.23. The molecule has 0 aliphatic carbocycles. The Morgan fingerprint density at radius 1 is 0.933 bits per heavy atom. The zero-order valence-corrected chi connectivity index (χ0v) is 15.9. The van der Waals surface area contributed by atoms with E-state index in [9.17, 15) is 22.8 Å². The van der Waals surface area contributed by atoms with Crippen LogP contribution in [0.5, 0.6) is 5.75 Å². The van der Waals surface area contributed by atoms with Gasteiger partial charge in [0.2, 0.25) is 0 Å². The Balaban J connectivity index is 1.91. The first kappa shape index (κ1) is 23.2. The van der Waals surface area contributed by atoms with Gasteiger partial charge >= 0.3 is 18.1 Å². The Morgan fingerprint density at radius 3 is 2.20 bits per heavy atom. The van der Waals surface area contributed by atoms with Gasteiger partial charge in [0.15, 0.2) is 6.10 Å². The van der Waals surface area contributed by atoms with Gasteiger partial charge in [-0.2, -0.15) is 13.2 Å². The molecule has 0 aliphatic rings. The lowest BCUT2D eigenvalue weighted by molar-refractivity contribution is -0.197. The fourth-order valence-electron chi connectivity index (χ4n) is 2.71. The molecule has 0 aromatic heterocycles. The predicted molar refractivity (Wildman–Crippen MR) is 101 cm³/mol. The molecule has 30 heavy (non-hydrogen) atoms. The number of hydrogen-bond acceptors (Lipinski definition) is 4. The van der Waals surface area contributed by atoms with E-state index in [2.05, 4.69) is 0 Å². The number of benzene rings is 2. The quantitative estimate of drug-likeness (QED) is 0.503. The van der Waals surface area contributed by atoms with E-state index in [1.807, 2.05) is 30.3 Å². The summed E-state index contributed by atoms with van der Waals surface area (Å²) in [6.07, 6.45) is -6.59. The summed E-state index contributed by atoms with van der Waals surface area (Å²) in [5.41, 5.74) is -0.211. The molecule has 2 N–H and O–H groups in total. The Bertz CT molecular complexity index is 852. The molecule has 2 aromatic carbocycles. The van der Waals surface area contributed by atoms with Crippen molar-refractivity contribution in [1.82, 2.24) is 0 Å². The monoisotopic (exact) mass is 426 g/mol. The maximum absolute atomic E-state index is 13.3. The number of carboxylic acids is 2. The highest BCUT2D eigenvalue weighted by atomic mass is 19.4. The van der Waals surface area contributed by atoms with Crippen LogP contribution < -0.4 is 4.74 Å². The first-order valence-corrected chi connectivity index (χ1v) is 9.14. The minimum Gasteiger partial charge on any atom is -0.481 e. The Labute approximate surface area is 170 Å². The lowest BCUT2D eigenvalue weighted by Crippen LogP contribution is -2.34. The van der Waals surface area contributed by atoms with Crippen LogP contribution in [-0.2, 0) is 11.3 Å². The van der Waals surface area contributed by atoms with E-state index in [0.29, 0.717) is 13.0 Å². The number of hydrogen-bond donors (Lipinski definition) is 2. The van der Waals surface area contributed by atoms with Crippen LogP contribution in [0.2, 0.25) is 0 Å². The van der Waals surface area contributed by atoms with Gasteiger partial charge in [-0.05, 0) is 43.0 Å². The number of carboxylic acid groups (broad SMARTS) is 2. The van der Waals surface area contributed by atoms with Crippen molar-refractivity contribution in [3.05, 3.63) is 65.2 Å². The molecule has 0 fully saturated rings. The van der Waals surface area contributed by atoms with Gasteiger partial charge in [0.25, 0.3) is 0 Å². The topological polar surface area (TPSA) is 93.1 Å². The molecule has 0 amide bonds. The second-order valence-electron chi connectivity index (χ2n) is 6.50. The van der Waals surface area contributed by atoms with Crippen molar-refractivity contribution in [2.75, 3.05) is 6.61 Å². The Hall–Kier alpha value is -3.07. The number of aromatic carboxylic acids is 2. The van der Waals surface area contributed by atoms with Gasteiger partial charge in [-0.3, -0.25) is 0 Å². The largest absolute Gasteiger partial charge is 0.481 e. The summed E-state index contributed by atoms with van der Waals surface area (Å²) in [6, 6.07) is 12.1. The molecule has 0 aliphatic heterocycles. The zero-order valence-electron chi connectivity index (χ0n) is 15.9. The second kappa shape index (κ2) is 10.6. The highest BCUT2D eigenvalue weighted by molar-refractivity contribution is 6.01. The maximum Gasteiger partial charge on any atom is 0.425 e. The number of rotatable bonds is 11. The van der Waals surface area contributed by atoms with Crippen LogP contribution in [0.4, 0.5) is 13.2 Å². The van der Waals surface area contributed by atoms with Crippen molar-refractivity contribution in [1.29, 1.82) is 0 Å². The summed E-state index contributed by atoms with van der Waals surface area (Å²) in [6.45, 7) is 0.657. The summed E-state index contributed by atoms with van der Waals surface area (Å²) in [4.78, 5) is 22.2. The Morgan fingerprint density at radius 2 is 1.60 bits per heavy atom. The molecule has 0 radical (unpaired) electrons. The highest BCUT2D eigenvalue weighted by Crippen LogP contribution is 2.29. The van der Waals surface area contributed by atoms with Gasteiger partial charge in [0.05, 0.1) is 17.7 Å². The van der Waals surface area contributed by atoms with Crippen molar-refractivity contribution >= 4 is 11.9 Å². The SMILES string of the molecule is O=C(O)c1ccc(OC(CCCCOCc2ccccc2)C(F)(F)F)cc1C(=O)O. The molecular weight excluding hydrogens is 405 g/mol. The lowest BCUT2D eigenvalue weighted by atomic mass is 10.1. The molecule has 0 saturated carbocycles. The molecule has 162 valence electrons. The summed E-state index contributed by atoms with van der Waals surface area (Å²) in [5.74, 6) is -3.43. The smallest absolute Gasteiger partial charge is 0.425 e. The van der Waals surface area contributed by atoms with Gasteiger partial charge in [0, 0.05) is 6.61 Å². The van der Waals surface area contributed by atoms with Gasteiger partial charge in [-0.1, -0.05) is 30.3 Å². The first-order valence-electron chi connectivity index (χ1n) is 9.14. The summed E-state index contributed by atoms with van der Waals surface area (Å²) >= 11 is 0. The van der Waals surface area contributed by atoms with Crippen molar-refractivity contribution in [3.8, 4) is 5.75 Å². The third-order valence-electron chi connectivity index (χ3n) is 4.21.